The Balaban J connectivity index is 1.04. The second-order valence-electron chi connectivity index (χ2n) is 14.9. The topological polar surface area (TPSA) is 9.86 Å². The maximum atomic E-state index is 2.43. The Morgan fingerprint density at radius 1 is 0.246 bits per heavy atom. The van der Waals surface area contributed by atoms with Gasteiger partial charge in [-0.1, -0.05) is 170 Å². The van der Waals surface area contributed by atoms with Gasteiger partial charge in [-0.15, -0.1) is 0 Å². The highest BCUT2D eigenvalue weighted by atomic mass is 15.0. The van der Waals surface area contributed by atoms with Crippen LogP contribution >= 0.6 is 0 Å². The Kier molecular flexibility index (Phi) is 7.93. The van der Waals surface area contributed by atoms with Crippen LogP contribution in [-0.4, -0.2) is 9.13 Å². The molecule has 2 heteroatoms. The molecule has 0 spiro atoms. The van der Waals surface area contributed by atoms with Gasteiger partial charge in [0, 0.05) is 38.8 Å². The molecule has 11 aromatic rings. The number of para-hydroxylation sites is 4. The number of hydrogen-bond acceptors (Lipinski definition) is 0. The highest BCUT2D eigenvalue weighted by molar-refractivity contribution is 6.11. The molecule has 1 atom stereocenters. The molecule has 1 unspecified atom stereocenters. The smallest absolute Gasteiger partial charge is 0.0547 e. The van der Waals surface area contributed by atoms with Gasteiger partial charge in [0.05, 0.1) is 22.1 Å². The number of nitrogens with zero attached hydrogens (tertiary/aromatic N) is 2. The van der Waals surface area contributed by atoms with E-state index >= 15 is 0 Å². The first-order chi connectivity index (χ1) is 28.3. The summed E-state index contributed by atoms with van der Waals surface area (Å²) in [6.07, 6.45) is 0. The maximum Gasteiger partial charge on any atom is 0.0547 e. The first-order valence-corrected chi connectivity index (χ1v) is 19.7. The van der Waals surface area contributed by atoms with E-state index in [1.54, 1.807) is 0 Å². The summed E-state index contributed by atoms with van der Waals surface area (Å²) in [5, 5.41) is 5.05. The van der Waals surface area contributed by atoms with Crippen LogP contribution in [0.15, 0.2) is 224 Å². The van der Waals surface area contributed by atoms with Crippen LogP contribution in [0.4, 0.5) is 0 Å². The van der Waals surface area contributed by atoms with Gasteiger partial charge in [-0.25, -0.2) is 0 Å². The summed E-state index contributed by atoms with van der Waals surface area (Å²) in [5.74, 6) is 0.0372. The maximum absolute atomic E-state index is 2.43. The van der Waals surface area contributed by atoms with Crippen molar-refractivity contribution in [3.05, 3.63) is 241 Å². The fraction of sp³-hybridized carbons (Fsp3) is 0.0182. The molecule has 0 N–H and O–H groups in total. The predicted molar refractivity (Wildman–Crippen MR) is 240 cm³/mol. The van der Waals surface area contributed by atoms with Gasteiger partial charge in [0.2, 0.25) is 0 Å². The van der Waals surface area contributed by atoms with Crippen molar-refractivity contribution < 1.29 is 0 Å². The van der Waals surface area contributed by atoms with Crippen LogP contribution in [0.2, 0.25) is 0 Å². The fourth-order valence-electron chi connectivity index (χ4n) is 8.97. The molecular weight excluding hydrogens is 689 g/mol. The van der Waals surface area contributed by atoms with Crippen LogP contribution < -0.4 is 0 Å². The molecule has 2 heterocycles. The highest BCUT2D eigenvalue weighted by Crippen LogP contribution is 2.40. The number of aromatic nitrogens is 2. The molecule has 11 rings (SSSR count). The SMILES string of the molecule is c1ccc(-c2ccc(C(c3ccc(-c4ccc5c6ccccc6n(-c6ccccc6)c5c4)cc3)c3ccc4c(c3)c3ccccc3n4-c3ccccc3)cc2)cc1. The minimum absolute atomic E-state index is 0.0372. The lowest BCUT2D eigenvalue weighted by atomic mass is 9.83. The molecule has 0 amide bonds. The van der Waals surface area contributed by atoms with Crippen molar-refractivity contribution in [2.75, 3.05) is 0 Å². The van der Waals surface area contributed by atoms with Crippen molar-refractivity contribution in [1.29, 1.82) is 0 Å². The number of rotatable bonds is 7. The third-order valence-electron chi connectivity index (χ3n) is 11.7. The number of hydrogen-bond donors (Lipinski definition) is 0. The summed E-state index contributed by atoms with van der Waals surface area (Å²) in [6.45, 7) is 0. The zero-order valence-corrected chi connectivity index (χ0v) is 31.3. The average molecular weight is 727 g/mol. The Hall–Kier alpha value is -7.42. The van der Waals surface area contributed by atoms with E-state index in [1.165, 1.54) is 93.9 Å². The molecule has 0 aliphatic rings. The van der Waals surface area contributed by atoms with Crippen LogP contribution in [0.5, 0.6) is 0 Å². The highest BCUT2D eigenvalue weighted by Gasteiger charge is 2.21. The normalized spacial score (nSPS) is 12.1. The van der Waals surface area contributed by atoms with Gasteiger partial charge in [-0.3, -0.25) is 0 Å². The van der Waals surface area contributed by atoms with Gasteiger partial charge in [-0.05, 0) is 93.5 Å². The van der Waals surface area contributed by atoms with Crippen molar-refractivity contribution in [3.63, 3.8) is 0 Å². The molecule has 9 aromatic carbocycles. The Labute approximate surface area is 332 Å². The van der Waals surface area contributed by atoms with Gasteiger partial charge in [-0.2, -0.15) is 0 Å². The molecule has 0 fully saturated rings. The molecular formula is C55H38N2. The van der Waals surface area contributed by atoms with E-state index in [4.69, 9.17) is 0 Å². The van der Waals surface area contributed by atoms with Crippen LogP contribution in [0.1, 0.15) is 22.6 Å². The predicted octanol–water partition coefficient (Wildman–Crippen LogP) is 14.4. The van der Waals surface area contributed by atoms with Crippen molar-refractivity contribution in [1.82, 2.24) is 9.13 Å². The number of fused-ring (bicyclic) bond motifs is 6. The summed E-state index contributed by atoms with van der Waals surface area (Å²) in [6, 6.07) is 82.0. The zero-order chi connectivity index (χ0) is 37.7. The standard InChI is InChI=1S/C55H38N2/c1-4-14-38(15-5-1)39-24-28-41(29-25-39)55(44-33-35-53-50(36-44)48-21-11-13-23-52(48)56(53)45-16-6-2-7-17-45)42-30-26-40(27-31-42)43-32-34-49-47-20-10-12-22-51(47)57(54(49)37-43)46-18-8-3-9-19-46/h1-37,55H. The first-order valence-electron chi connectivity index (χ1n) is 19.7. The summed E-state index contributed by atoms with van der Waals surface area (Å²) in [4.78, 5) is 0. The Morgan fingerprint density at radius 2 is 0.649 bits per heavy atom. The summed E-state index contributed by atoms with van der Waals surface area (Å²) in [7, 11) is 0. The Morgan fingerprint density at radius 3 is 1.25 bits per heavy atom. The van der Waals surface area contributed by atoms with E-state index in [0.717, 1.165) is 0 Å². The molecule has 0 radical (unpaired) electrons. The fourth-order valence-corrected chi connectivity index (χ4v) is 8.97. The van der Waals surface area contributed by atoms with Crippen molar-refractivity contribution >= 4 is 43.6 Å². The summed E-state index contributed by atoms with van der Waals surface area (Å²) in [5.41, 5.74) is 15.8. The largest absolute Gasteiger partial charge is 0.309 e. The quantitative estimate of drug-likeness (QED) is 0.145. The van der Waals surface area contributed by atoms with Crippen LogP contribution in [0.25, 0.3) is 77.2 Å². The summed E-state index contributed by atoms with van der Waals surface area (Å²) >= 11 is 0. The van der Waals surface area contributed by atoms with Crippen LogP contribution in [0, 0.1) is 0 Å². The average Bonchev–Trinajstić information content (AvgIpc) is 3.80. The first kappa shape index (κ1) is 33.0. The van der Waals surface area contributed by atoms with Crippen LogP contribution in [0.3, 0.4) is 0 Å². The van der Waals surface area contributed by atoms with Gasteiger partial charge in [0.15, 0.2) is 0 Å². The van der Waals surface area contributed by atoms with Gasteiger partial charge in [0.1, 0.15) is 0 Å². The second-order valence-corrected chi connectivity index (χ2v) is 14.9. The minimum Gasteiger partial charge on any atom is -0.309 e. The van der Waals surface area contributed by atoms with Crippen molar-refractivity contribution in [2.45, 2.75) is 5.92 Å². The zero-order valence-electron chi connectivity index (χ0n) is 31.3. The summed E-state index contributed by atoms with van der Waals surface area (Å²) < 4.78 is 4.78. The van der Waals surface area contributed by atoms with E-state index in [2.05, 4.69) is 234 Å². The lowest BCUT2D eigenvalue weighted by Gasteiger charge is -2.20. The van der Waals surface area contributed by atoms with E-state index in [1.807, 2.05) is 0 Å². The molecule has 2 nitrogen and oxygen atoms in total. The molecule has 0 aliphatic heterocycles. The van der Waals surface area contributed by atoms with Gasteiger partial charge in [0.25, 0.3) is 0 Å². The molecule has 0 aliphatic carbocycles. The van der Waals surface area contributed by atoms with E-state index in [0.29, 0.717) is 0 Å². The van der Waals surface area contributed by atoms with Crippen molar-refractivity contribution in [3.8, 4) is 33.6 Å². The monoisotopic (exact) mass is 726 g/mol. The lowest BCUT2D eigenvalue weighted by Crippen LogP contribution is -2.04. The molecule has 268 valence electrons. The molecule has 0 bridgehead atoms. The minimum atomic E-state index is 0.0372. The van der Waals surface area contributed by atoms with Gasteiger partial charge >= 0.3 is 0 Å². The lowest BCUT2D eigenvalue weighted by molar-refractivity contribution is 0.980. The second kappa shape index (κ2) is 13.7. The van der Waals surface area contributed by atoms with Gasteiger partial charge < -0.3 is 9.13 Å². The molecule has 2 aromatic heterocycles. The third-order valence-corrected chi connectivity index (χ3v) is 11.7. The molecule has 57 heavy (non-hydrogen) atoms. The van der Waals surface area contributed by atoms with E-state index in [-0.39, 0.29) is 5.92 Å². The molecule has 0 saturated carbocycles. The number of benzene rings is 9. The third kappa shape index (κ3) is 5.65. The van der Waals surface area contributed by atoms with E-state index < -0.39 is 0 Å². The van der Waals surface area contributed by atoms with Crippen LogP contribution in [-0.2, 0) is 0 Å². The van der Waals surface area contributed by atoms with E-state index in [9.17, 15) is 0 Å². The Bertz CT molecular complexity index is 3190. The molecule has 0 saturated heterocycles. The van der Waals surface area contributed by atoms with Crippen molar-refractivity contribution in [2.24, 2.45) is 0 Å².